The van der Waals surface area contributed by atoms with Crippen LogP contribution in [0.15, 0.2) is 30.3 Å². The maximum absolute atomic E-state index is 12.2. The quantitative estimate of drug-likeness (QED) is 0.390. The highest BCUT2D eigenvalue weighted by molar-refractivity contribution is 6.99. The number of rotatable bonds is 12. The Balaban J connectivity index is 1.80. The van der Waals surface area contributed by atoms with Gasteiger partial charge in [-0.15, -0.1) is 4.37 Å². The van der Waals surface area contributed by atoms with Crippen molar-refractivity contribution in [2.24, 2.45) is 0 Å². The third kappa shape index (κ3) is 7.76. The predicted octanol–water partition coefficient (Wildman–Crippen LogP) is 1.44. The number of aliphatic hydroxyl groups excluding tert-OH is 1. The highest BCUT2D eigenvalue weighted by Gasteiger charge is 2.17. The number of esters is 1. The Bertz CT molecular complexity index is 771. The smallest absolute Gasteiger partial charge is 0.306 e. The monoisotopic (exact) mass is 422 g/mol. The molecule has 1 atom stereocenters. The highest BCUT2D eigenvalue weighted by atomic mass is 32.1. The maximum Gasteiger partial charge on any atom is 0.306 e. The van der Waals surface area contributed by atoms with Crippen molar-refractivity contribution >= 4 is 23.6 Å². The first-order chi connectivity index (χ1) is 14.0. The molecular weight excluding hydrogens is 396 g/mol. The molecule has 0 saturated carbocycles. The molecule has 1 unspecified atom stereocenters. The Hall–Kier alpha value is -2.56. The van der Waals surface area contributed by atoms with Gasteiger partial charge in [-0.05, 0) is 19.1 Å². The van der Waals surface area contributed by atoms with Crippen LogP contribution in [0, 0.1) is 0 Å². The van der Waals surface area contributed by atoms with E-state index in [1.165, 1.54) is 0 Å². The molecule has 0 aliphatic carbocycles. The van der Waals surface area contributed by atoms with Crippen molar-refractivity contribution in [2.75, 3.05) is 26.3 Å². The van der Waals surface area contributed by atoms with Gasteiger partial charge in [0.15, 0.2) is 0 Å². The first kappa shape index (κ1) is 22.7. The molecule has 0 radical (unpaired) electrons. The lowest BCUT2D eigenvalue weighted by atomic mass is 10.2. The standard InChI is InChI=1S/C19H26N4O5S/c1-3-23(20-18(26)14-8-6-5-7-9-14)12-15(24)13-28-19-16(21-29-22-19)10-11-17(25)27-4-2/h5-9,15,24H,3-4,10-13H2,1-2H3,(H,20,26). The van der Waals surface area contributed by atoms with Crippen LogP contribution in [0.1, 0.15) is 36.3 Å². The van der Waals surface area contributed by atoms with E-state index >= 15 is 0 Å². The molecule has 1 heterocycles. The number of aromatic nitrogens is 2. The fourth-order valence-electron chi connectivity index (χ4n) is 2.45. The largest absolute Gasteiger partial charge is 0.473 e. The molecule has 0 aliphatic rings. The van der Waals surface area contributed by atoms with E-state index in [9.17, 15) is 14.7 Å². The number of ether oxygens (including phenoxy) is 2. The van der Waals surface area contributed by atoms with Crippen LogP contribution in [0.5, 0.6) is 5.88 Å². The highest BCUT2D eigenvalue weighted by Crippen LogP contribution is 2.17. The number of nitrogens with zero attached hydrogens (tertiary/aromatic N) is 3. The zero-order valence-corrected chi connectivity index (χ0v) is 17.4. The number of hydrogen-bond donors (Lipinski definition) is 2. The van der Waals surface area contributed by atoms with Crippen LogP contribution in [-0.4, -0.2) is 63.1 Å². The summed E-state index contributed by atoms with van der Waals surface area (Å²) in [6.45, 7) is 4.63. The second-order valence-corrected chi connectivity index (χ2v) is 6.66. The molecule has 2 rings (SSSR count). The topological polar surface area (TPSA) is 114 Å². The number of aliphatic hydroxyl groups is 1. The molecule has 10 heteroatoms. The molecule has 0 spiro atoms. The van der Waals surface area contributed by atoms with Crippen LogP contribution < -0.4 is 10.2 Å². The summed E-state index contributed by atoms with van der Waals surface area (Å²) in [7, 11) is 0. The number of likely N-dealkylation sites (N-methyl/N-ethyl adjacent to an activating group) is 1. The van der Waals surface area contributed by atoms with Crippen molar-refractivity contribution in [1.29, 1.82) is 0 Å². The molecular formula is C19H26N4O5S. The lowest BCUT2D eigenvalue weighted by molar-refractivity contribution is -0.143. The van der Waals surface area contributed by atoms with E-state index in [1.54, 1.807) is 36.2 Å². The van der Waals surface area contributed by atoms with Gasteiger partial charge in [-0.1, -0.05) is 25.1 Å². The zero-order chi connectivity index (χ0) is 21.1. The van der Waals surface area contributed by atoms with Crippen LogP contribution in [0.4, 0.5) is 0 Å². The summed E-state index contributed by atoms with van der Waals surface area (Å²) < 4.78 is 18.6. The minimum absolute atomic E-state index is 0.0183. The fourth-order valence-corrected chi connectivity index (χ4v) is 2.99. The predicted molar refractivity (Wildman–Crippen MR) is 108 cm³/mol. The second kappa shape index (κ2) is 12.1. The van der Waals surface area contributed by atoms with Gasteiger partial charge in [0.1, 0.15) is 18.4 Å². The van der Waals surface area contributed by atoms with Crippen molar-refractivity contribution < 1.29 is 24.2 Å². The normalized spacial score (nSPS) is 11.9. The number of hydrazine groups is 1. The summed E-state index contributed by atoms with van der Waals surface area (Å²) in [4.78, 5) is 23.7. The van der Waals surface area contributed by atoms with Crippen molar-refractivity contribution in [3.05, 3.63) is 41.6 Å². The molecule has 0 fully saturated rings. The molecule has 1 amide bonds. The Morgan fingerprint density at radius 1 is 1.24 bits per heavy atom. The number of amides is 1. The zero-order valence-electron chi connectivity index (χ0n) is 16.5. The molecule has 1 aromatic heterocycles. The van der Waals surface area contributed by atoms with Crippen molar-refractivity contribution in [3.8, 4) is 5.88 Å². The van der Waals surface area contributed by atoms with E-state index in [4.69, 9.17) is 9.47 Å². The van der Waals surface area contributed by atoms with E-state index < -0.39 is 6.10 Å². The summed E-state index contributed by atoms with van der Waals surface area (Å²) in [6.07, 6.45) is -0.312. The summed E-state index contributed by atoms with van der Waals surface area (Å²) in [5.74, 6) is -0.250. The van der Waals surface area contributed by atoms with Crippen LogP contribution in [0.25, 0.3) is 0 Å². The van der Waals surface area contributed by atoms with Crippen LogP contribution >= 0.6 is 11.7 Å². The second-order valence-electron chi connectivity index (χ2n) is 6.13. The van der Waals surface area contributed by atoms with Crippen molar-refractivity contribution in [2.45, 2.75) is 32.8 Å². The van der Waals surface area contributed by atoms with Crippen molar-refractivity contribution in [3.63, 3.8) is 0 Å². The fraction of sp³-hybridized carbons (Fsp3) is 0.474. The summed E-state index contributed by atoms with van der Waals surface area (Å²) >= 11 is 0.981. The molecule has 0 bridgehead atoms. The molecule has 29 heavy (non-hydrogen) atoms. The van der Waals surface area contributed by atoms with E-state index in [-0.39, 0.29) is 31.4 Å². The first-order valence-electron chi connectivity index (χ1n) is 9.42. The Labute approximate surface area is 173 Å². The SMILES string of the molecule is CCOC(=O)CCc1nsnc1OCC(O)CN(CC)NC(=O)c1ccccc1. The minimum atomic E-state index is -0.856. The van der Waals surface area contributed by atoms with Gasteiger partial charge in [0.05, 0.1) is 24.8 Å². The molecule has 0 saturated heterocycles. The lowest BCUT2D eigenvalue weighted by Gasteiger charge is -2.24. The number of benzene rings is 1. The minimum Gasteiger partial charge on any atom is -0.473 e. The molecule has 158 valence electrons. The van der Waals surface area contributed by atoms with Gasteiger partial charge in [0.2, 0.25) is 5.88 Å². The Kier molecular flexibility index (Phi) is 9.48. The van der Waals surface area contributed by atoms with Gasteiger partial charge in [-0.3, -0.25) is 15.0 Å². The average molecular weight is 423 g/mol. The number of carbonyl (C=O) groups is 2. The van der Waals surface area contributed by atoms with E-state index in [2.05, 4.69) is 14.2 Å². The Morgan fingerprint density at radius 3 is 2.69 bits per heavy atom. The van der Waals surface area contributed by atoms with Gasteiger partial charge < -0.3 is 14.6 Å². The van der Waals surface area contributed by atoms with Gasteiger partial charge >= 0.3 is 5.97 Å². The van der Waals surface area contributed by atoms with Crippen LogP contribution in [0.2, 0.25) is 0 Å². The summed E-state index contributed by atoms with van der Waals surface area (Å²) in [5.41, 5.74) is 3.86. The molecule has 1 aromatic carbocycles. The average Bonchev–Trinajstić information content (AvgIpc) is 3.18. The number of carbonyl (C=O) groups excluding carboxylic acids is 2. The van der Waals surface area contributed by atoms with E-state index in [1.807, 2.05) is 13.0 Å². The Morgan fingerprint density at radius 2 is 2.00 bits per heavy atom. The third-order valence-electron chi connectivity index (χ3n) is 3.91. The summed E-state index contributed by atoms with van der Waals surface area (Å²) in [5, 5.41) is 11.9. The number of nitrogens with one attached hydrogen (secondary N) is 1. The van der Waals surface area contributed by atoms with Gasteiger partial charge in [0.25, 0.3) is 5.91 Å². The third-order valence-corrected chi connectivity index (χ3v) is 4.46. The number of aryl methyl sites for hydroxylation is 1. The molecule has 2 aromatic rings. The molecule has 9 nitrogen and oxygen atoms in total. The summed E-state index contributed by atoms with van der Waals surface area (Å²) in [6, 6.07) is 8.85. The van der Waals surface area contributed by atoms with Gasteiger partial charge in [-0.2, -0.15) is 4.37 Å². The molecule has 0 aliphatic heterocycles. The van der Waals surface area contributed by atoms with Crippen LogP contribution in [0.3, 0.4) is 0 Å². The van der Waals surface area contributed by atoms with Gasteiger partial charge in [0, 0.05) is 25.1 Å². The maximum atomic E-state index is 12.2. The van der Waals surface area contributed by atoms with Gasteiger partial charge in [-0.25, -0.2) is 5.01 Å². The van der Waals surface area contributed by atoms with Crippen LogP contribution in [-0.2, 0) is 16.0 Å². The number of hydrogen-bond acceptors (Lipinski definition) is 9. The van der Waals surface area contributed by atoms with E-state index in [0.29, 0.717) is 36.7 Å². The van der Waals surface area contributed by atoms with Crippen molar-refractivity contribution in [1.82, 2.24) is 19.2 Å². The first-order valence-corrected chi connectivity index (χ1v) is 10.1. The molecule has 2 N–H and O–H groups in total. The lowest BCUT2D eigenvalue weighted by Crippen LogP contribution is -2.47. The van der Waals surface area contributed by atoms with E-state index in [0.717, 1.165) is 11.7 Å².